The second-order valence-electron chi connectivity index (χ2n) is 4.69. The summed E-state index contributed by atoms with van der Waals surface area (Å²) in [5.74, 6) is 0.0529. The number of ether oxygens (including phenoxy) is 1. The zero-order valence-corrected chi connectivity index (χ0v) is 13.8. The summed E-state index contributed by atoms with van der Waals surface area (Å²) in [4.78, 5) is 2.36. The van der Waals surface area contributed by atoms with Gasteiger partial charge < -0.3 is 10.1 Å². The summed E-state index contributed by atoms with van der Waals surface area (Å²) < 4.78 is 19.1. The van der Waals surface area contributed by atoms with Crippen molar-refractivity contribution >= 4 is 24.8 Å². The molecule has 1 aromatic carbocycles. The molecule has 1 aromatic rings. The molecule has 1 aliphatic rings. The first-order chi connectivity index (χ1) is 9.27. The minimum atomic E-state index is -0.302. The van der Waals surface area contributed by atoms with E-state index < -0.39 is 0 Å². The second kappa shape index (κ2) is 10.0. The van der Waals surface area contributed by atoms with Crippen molar-refractivity contribution in [1.29, 1.82) is 0 Å². The van der Waals surface area contributed by atoms with Crippen molar-refractivity contribution in [2.75, 3.05) is 33.3 Å². The molecule has 0 saturated carbocycles. The van der Waals surface area contributed by atoms with Crippen LogP contribution in [-0.2, 0) is 0 Å². The lowest BCUT2D eigenvalue weighted by Gasteiger charge is -2.35. The van der Waals surface area contributed by atoms with Gasteiger partial charge in [0.1, 0.15) is 0 Å². The van der Waals surface area contributed by atoms with Crippen molar-refractivity contribution in [2.24, 2.45) is 0 Å². The van der Waals surface area contributed by atoms with E-state index in [-0.39, 0.29) is 36.7 Å². The zero-order valence-electron chi connectivity index (χ0n) is 12.2. The van der Waals surface area contributed by atoms with Gasteiger partial charge in [-0.25, -0.2) is 4.39 Å². The van der Waals surface area contributed by atoms with Crippen LogP contribution in [0.2, 0.25) is 0 Å². The van der Waals surface area contributed by atoms with Crippen LogP contribution in [0.15, 0.2) is 30.9 Å². The van der Waals surface area contributed by atoms with E-state index in [4.69, 9.17) is 4.74 Å². The third-order valence-corrected chi connectivity index (χ3v) is 3.54. The van der Waals surface area contributed by atoms with Crippen molar-refractivity contribution < 1.29 is 9.13 Å². The number of methoxy groups -OCH3 is 1. The van der Waals surface area contributed by atoms with Crippen LogP contribution in [-0.4, -0.2) is 38.2 Å². The van der Waals surface area contributed by atoms with E-state index in [0.717, 1.165) is 38.2 Å². The Kier molecular flexibility index (Phi) is 9.62. The Labute approximate surface area is 138 Å². The van der Waals surface area contributed by atoms with E-state index in [0.29, 0.717) is 5.75 Å². The van der Waals surface area contributed by atoms with Crippen LogP contribution >= 0.6 is 24.8 Å². The fourth-order valence-electron chi connectivity index (χ4n) is 2.63. The minimum Gasteiger partial charge on any atom is -0.493 e. The van der Waals surface area contributed by atoms with E-state index in [1.807, 2.05) is 12.1 Å². The van der Waals surface area contributed by atoms with E-state index >= 15 is 0 Å². The molecule has 3 nitrogen and oxygen atoms in total. The molecule has 0 radical (unpaired) electrons. The first-order valence-corrected chi connectivity index (χ1v) is 6.66. The molecule has 1 saturated heterocycles. The maximum Gasteiger partial charge on any atom is 0.165 e. The molecule has 1 fully saturated rings. The molecule has 0 unspecified atom stereocenters. The van der Waals surface area contributed by atoms with Gasteiger partial charge in [0, 0.05) is 37.8 Å². The molecule has 1 atom stereocenters. The van der Waals surface area contributed by atoms with Crippen molar-refractivity contribution in [3.8, 4) is 5.75 Å². The standard InChI is InChI=1S/C15H21FN2O.2ClH/c1-3-5-14(18-10-8-17-9-11-18)12-6-4-7-13(16)15(12)19-2;;/h3-4,6-7,14,17H,1,5,8-11H2,2H3;2*1H/t14-;;/m0../s1. The maximum atomic E-state index is 13.8. The Balaban J connectivity index is 0.00000200. The zero-order chi connectivity index (χ0) is 13.7. The SMILES string of the molecule is C=CC[C@@H](c1cccc(F)c1OC)N1CCNCC1.Cl.Cl. The highest BCUT2D eigenvalue weighted by molar-refractivity contribution is 5.85. The average Bonchev–Trinajstić information content (AvgIpc) is 2.45. The number of halogens is 3. The van der Waals surface area contributed by atoms with E-state index in [2.05, 4.69) is 16.8 Å². The van der Waals surface area contributed by atoms with Gasteiger partial charge in [-0.3, -0.25) is 4.90 Å². The number of nitrogens with zero attached hydrogens (tertiary/aromatic N) is 1. The number of nitrogens with one attached hydrogen (secondary N) is 1. The fourth-order valence-corrected chi connectivity index (χ4v) is 2.63. The summed E-state index contributed by atoms with van der Waals surface area (Å²) in [6, 6.07) is 5.25. The van der Waals surface area contributed by atoms with Gasteiger partial charge >= 0.3 is 0 Å². The van der Waals surface area contributed by atoms with Gasteiger partial charge in [-0.2, -0.15) is 0 Å². The van der Waals surface area contributed by atoms with Crippen molar-refractivity contribution in [3.05, 3.63) is 42.2 Å². The quantitative estimate of drug-likeness (QED) is 0.835. The Hall–Kier alpha value is -0.810. The normalized spacial score (nSPS) is 16.3. The topological polar surface area (TPSA) is 24.5 Å². The van der Waals surface area contributed by atoms with E-state index in [9.17, 15) is 4.39 Å². The van der Waals surface area contributed by atoms with Crippen LogP contribution in [0.3, 0.4) is 0 Å². The van der Waals surface area contributed by atoms with Crippen molar-refractivity contribution in [3.63, 3.8) is 0 Å². The predicted octanol–water partition coefficient (Wildman–Crippen LogP) is 3.20. The molecule has 0 aliphatic carbocycles. The number of hydrogen-bond acceptors (Lipinski definition) is 3. The molecule has 21 heavy (non-hydrogen) atoms. The molecule has 0 amide bonds. The van der Waals surface area contributed by atoms with Crippen LogP contribution in [0.4, 0.5) is 4.39 Å². The molecule has 2 rings (SSSR count). The number of piperazine rings is 1. The second-order valence-corrected chi connectivity index (χ2v) is 4.69. The molecule has 0 spiro atoms. The smallest absolute Gasteiger partial charge is 0.165 e. The summed E-state index contributed by atoms with van der Waals surface area (Å²) in [5, 5.41) is 3.33. The largest absolute Gasteiger partial charge is 0.493 e. The molecule has 6 heteroatoms. The maximum absolute atomic E-state index is 13.8. The van der Waals surface area contributed by atoms with Crippen LogP contribution in [0.1, 0.15) is 18.0 Å². The third-order valence-electron chi connectivity index (χ3n) is 3.54. The summed E-state index contributed by atoms with van der Waals surface area (Å²) in [6.45, 7) is 7.66. The molecule has 1 N–H and O–H groups in total. The molecule has 0 bridgehead atoms. The Morgan fingerprint density at radius 1 is 1.38 bits per heavy atom. The lowest BCUT2D eigenvalue weighted by molar-refractivity contribution is 0.171. The van der Waals surface area contributed by atoms with Gasteiger partial charge in [-0.15, -0.1) is 31.4 Å². The molecular formula is C15H23Cl2FN2O. The number of hydrogen-bond donors (Lipinski definition) is 1. The number of benzene rings is 1. The monoisotopic (exact) mass is 336 g/mol. The van der Waals surface area contributed by atoms with Gasteiger partial charge in [0.2, 0.25) is 0 Å². The van der Waals surface area contributed by atoms with Crippen LogP contribution in [0, 0.1) is 5.82 Å². The molecular weight excluding hydrogens is 314 g/mol. The van der Waals surface area contributed by atoms with E-state index in [1.165, 1.54) is 13.2 Å². The first-order valence-electron chi connectivity index (χ1n) is 6.66. The lowest BCUT2D eigenvalue weighted by atomic mass is 9.99. The van der Waals surface area contributed by atoms with Crippen LogP contribution in [0.25, 0.3) is 0 Å². The number of para-hydroxylation sites is 1. The molecule has 120 valence electrons. The van der Waals surface area contributed by atoms with E-state index in [1.54, 1.807) is 6.07 Å². The summed E-state index contributed by atoms with van der Waals surface area (Å²) in [5.41, 5.74) is 0.907. The van der Waals surface area contributed by atoms with Crippen molar-refractivity contribution in [2.45, 2.75) is 12.5 Å². The number of rotatable bonds is 5. The summed E-state index contributed by atoms with van der Waals surface area (Å²) >= 11 is 0. The average molecular weight is 337 g/mol. The minimum absolute atomic E-state index is 0. The molecule has 1 heterocycles. The van der Waals surface area contributed by atoms with Crippen molar-refractivity contribution in [1.82, 2.24) is 10.2 Å². The Bertz CT molecular complexity index is 440. The summed E-state index contributed by atoms with van der Waals surface area (Å²) in [7, 11) is 1.52. The highest BCUT2D eigenvalue weighted by atomic mass is 35.5. The Morgan fingerprint density at radius 2 is 2.05 bits per heavy atom. The molecule has 0 aromatic heterocycles. The Morgan fingerprint density at radius 3 is 2.62 bits per heavy atom. The van der Waals surface area contributed by atoms with Gasteiger partial charge in [0.05, 0.1) is 7.11 Å². The van der Waals surface area contributed by atoms with Gasteiger partial charge in [-0.05, 0) is 12.5 Å². The predicted molar refractivity (Wildman–Crippen MR) is 89.4 cm³/mol. The highest BCUT2D eigenvalue weighted by Gasteiger charge is 2.24. The van der Waals surface area contributed by atoms with Gasteiger partial charge in [-0.1, -0.05) is 18.2 Å². The van der Waals surface area contributed by atoms with Gasteiger partial charge in [0.15, 0.2) is 11.6 Å². The first kappa shape index (κ1) is 20.2. The fraction of sp³-hybridized carbons (Fsp3) is 0.467. The van der Waals surface area contributed by atoms with Gasteiger partial charge in [0.25, 0.3) is 0 Å². The summed E-state index contributed by atoms with van der Waals surface area (Å²) in [6.07, 6.45) is 2.68. The van der Waals surface area contributed by atoms with Crippen LogP contribution in [0.5, 0.6) is 5.75 Å². The third kappa shape index (κ3) is 4.85. The van der Waals surface area contributed by atoms with Crippen LogP contribution < -0.4 is 10.1 Å². The highest BCUT2D eigenvalue weighted by Crippen LogP contribution is 2.34. The molecule has 1 aliphatic heterocycles. The lowest BCUT2D eigenvalue weighted by Crippen LogP contribution is -2.45.